The Kier molecular flexibility index (Phi) is 5.27. The molecule has 1 atom stereocenters. The fourth-order valence-electron chi connectivity index (χ4n) is 2.79. The molecule has 1 saturated heterocycles. The highest BCUT2D eigenvalue weighted by atomic mass is 19.3. The second kappa shape index (κ2) is 7.78. The summed E-state index contributed by atoms with van der Waals surface area (Å²) in [6.45, 7) is -1.72. The average Bonchev–Trinajstić information content (AvgIpc) is 3.04. The summed E-state index contributed by atoms with van der Waals surface area (Å²) in [4.78, 5) is 18.0. The first-order valence-corrected chi connectivity index (χ1v) is 7.89. The number of nitrogens with one attached hydrogen (secondary N) is 2. The lowest BCUT2D eigenvalue weighted by molar-refractivity contribution is -0.0495. The molecule has 0 aliphatic carbocycles. The van der Waals surface area contributed by atoms with Gasteiger partial charge in [-0.3, -0.25) is 5.32 Å². The topological polar surface area (TPSA) is 66.5 Å². The van der Waals surface area contributed by atoms with E-state index in [4.69, 9.17) is 0 Å². The Labute approximate surface area is 143 Å². The van der Waals surface area contributed by atoms with Crippen LogP contribution in [0.25, 0.3) is 0 Å². The highest BCUT2D eigenvalue weighted by molar-refractivity contribution is 5.88. The second-order valence-corrected chi connectivity index (χ2v) is 5.59. The van der Waals surface area contributed by atoms with Gasteiger partial charge in [0.2, 0.25) is 0 Å². The smallest absolute Gasteiger partial charge is 0.387 e. The SMILES string of the molecule is O=C(Nc1ccccn1)N[C@@H]1CCN(c2ccccc2OC(F)F)C1. The standard InChI is InChI=1S/C17H18F2N4O2/c18-16(19)25-14-6-2-1-5-13(14)23-10-8-12(11-23)21-17(24)22-15-7-3-4-9-20-15/h1-7,9,12,16H,8,10-11H2,(H2,20,21,22,24)/t12-/m1/s1. The summed E-state index contributed by atoms with van der Waals surface area (Å²) in [5, 5.41) is 5.52. The van der Waals surface area contributed by atoms with Gasteiger partial charge in [-0.2, -0.15) is 8.78 Å². The quantitative estimate of drug-likeness (QED) is 0.871. The summed E-state index contributed by atoms with van der Waals surface area (Å²) in [6, 6.07) is 11.4. The number of rotatable bonds is 5. The van der Waals surface area contributed by atoms with E-state index in [1.54, 1.807) is 42.6 Å². The van der Waals surface area contributed by atoms with Crippen molar-refractivity contribution in [2.75, 3.05) is 23.3 Å². The summed E-state index contributed by atoms with van der Waals surface area (Å²) in [5.41, 5.74) is 0.595. The number of alkyl halides is 2. The van der Waals surface area contributed by atoms with E-state index in [9.17, 15) is 13.6 Å². The Morgan fingerprint density at radius 3 is 2.80 bits per heavy atom. The van der Waals surface area contributed by atoms with Crippen molar-refractivity contribution in [3.63, 3.8) is 0 Å². The minimum Gasteiger partial charge on any atom is -0.433 e. The fraction of sp³-hybridized carbons (Fsp3) is 0.294. The van der Waals surface area contributed by atoms with Gasteiger partial charge in [-0.25, -0.2) is 9.78 Å². The normalized spacial score (nSPS) is 16.8. The van der Waals surface area contributed by atoms with E-state index in [0.29, 0.717) is 31.0 Å². The molecule has 2 N–H and O–H groups in total. The number of aromatic nitrogens is 1. The van der Waals surface area contributed by atoms with Crippen molar-refractivity contribution in [1.82, 2.24) is 10.3 Å². The van der Waals surface area contributed by atoms with Gasteiger partial charge in [0.25, 0.3) is 0 Å². The van der Waals surface area contributed by atoms with Crippen molar-refractivity contribution in [1.29, 1.82) is 0 Å². The average molecular weight is 348 g/mol. The Bertz CT molecular complexity index is 715. The Morgan fingerprint density at radius 2 is 2.04 bits per heavy atom. The molecule has 1 aromatic heterocycles. The van der Waals surface area contributed by atoms with Crippen LogP contribution >= 0.6 is 0 Å². The molecule has 2 heterocycles. The summed E-state index contributed by atoms with van der Waals surface area (Å²) < 4.78 is 29.6. The van der Waals surface area contributed by atoms with Crippen LogP contribution < -0.4 is 20.3 Å². The number of benzene rings is 1. The molecule has 6 nitrogen and oxygen atoms in total. The highest BCUT2D eigenvalue weighted by Gasteiger charge is 2.26. The third-order valence-electron chi connectivity index (χ3n) is 3.85. The zero-order chi connectivity index (χ0) is 17.6. The van der Waals surface area contributed by atoms with Crippen molar-refractivity contribution >= 4 is 17.5 Å². The first-order chi connectivity index (χ1) is 12.1. The maximum Gasteiger partial charge on any atom is 0.387 e. The number of carbonyl (C=O) groups excluding carboxylic acids is 1. The van der Waals surface area contributed by atoms with Gasteiger partial charge in [0.05, 0.1) is 5.69 Å². The monoisotopic (exact) mass is 348 g/mol. The third-order valence-corrected chi connectivity index (χ3v) is 3.85. The molecule has 0 radical (unpaired) electrons. The molecule has 132 valence electrons. The molecule has 0 saturated carbocycles. The Hall–Kier alpha value is -2.90. The lowest BCUT2D eigenvalue weighted by Gasteiger charge is -2.22. The molecule has 0 bridgehead atoms. The molecule has 3 rings (SSSR count). The Morgan fingerprint density at radius 1 is 1.24 bits per heavy atom. The van der Waals surface area contributed by atoms with E-state index in [2.05, 4.69) is 20.4 Å². The van der Waals surface area contributed by atoms with E-state index in [1.165, 1.54) is 6.07 Å². The largest absolute Gasteiger partial charge is 0.433 e. The first kappa shape index (κ1) is 16.9. The van der Waals surface area contributed by atoms with Crippen molar-refractivity contribution in [3.05, 3.63) is 48.7 Å². The van der Waals surface area contributed by atoms with Crippen LogP contribution in [0.5, 0.6) is 5.75 Å². The van der Waals surface area contributed by atoms with Crippen molar-refractivity contribution in [3.8, 4) is 5.75 Å². The molecule has 0 unspecified atom stereocenters. The van der Waals surface area contributed by atoms with Gasteiger partial charge in [-0.1, -0.05) is 18.2 Å². The molecule has 2 amide bonds. The number of carbonyl (C=O) groups is 1. The predicted molar refractivity (Wildman–Crippen MR) is 90.1 cm³/mol. The molecule has 0 spiro atoms. The highest BCUT2D eigenvalue weighted by Crippen LogP contribution is 2.31. The number of halogens is 2. The molecule has 1 aromatic carbocycles. The number of anilines is 2. The van der Waals surface area contributed by atoms with E-state index in [-0.39, 0.29) is 17.8 Å². The number of hydrogen-bond acceptors (Lipinski definition) is 4. The number of urea groups is 1. The van der Waals surface area contributed by atoms with Crippen LogP contribution in [-0.2, 0) is 0 Å². The number of para-hydroxylation sites is 2. The van der Waals surface area contributed by atoms with Gasteiger partial charge in [-0.05, 0) is 30.7 Å². The number of ether oxygens (including phenoxy) is 1. The third kappa shape index (κ3) is 4.56. The summed E-state index contributed by atoms with van der Waals surface area (Å²) in [6.07, 6.45) is 2.30. The van der Waals surface area contributed by atoms with Crippen LogP contribution in [-0.4, -0.2) is 36.8 Å². The molecule has 8 heteroatoms. The van der Waals surface area contributed by atoms with E-state index >= 15 is 0 Å². The molecule has 1 aliphatic rings. The number of nitrogens with zero attached hydrogens (tertiary/aromatic N) is 2. The zero-order valence-corrected chi connectivity index (χ0v) is 13.4. The summed E-state index contributed by atoms with van der Waals surface area (Å²) in [7, 11) is 0. The molecule has 1 aliphatic heterocycles. The summed E-state index contributed by atoms with van der Waals surface area (Å²) >= 11 is 0. The maximum absolute atomic E-state index is 12.5. The lowest BCUT2D eigenvalue weighted by atomic mass is 10.2. The van der Waals surface area contributed by atoms with Crippen molar-refractivity contribution in [2.24, 2.45) is 0 Å². The van der Waals surface area contributed by atoms with Crippen LogP contribution in [0.1, 0.15) is 6.42 Å². The second-order valence-electron chi connectivity index (χ2n) is 5.59. The van der Waals surface area contributed by atoms with Gasteiger partial charge in [-0.15, -0.1) is 0 Å². The van der Waals surface area contributed by atoms with Crippen LogP contribution in [0.4, 0.5) is 25.1 Å². The van der Waals surface area contributed by atoms with Crippen molar-refractivity contribution in [2.45, 2.75) is 19.1 Å². The molecule has 25 heavy (non-hydrogen) atoms. The summed E-state index contributed by atoms with van der Waals surface area (Å²) in [5.74, 6) is 0.599. The fourth-order valence-corrected chi connectivity index (χ4v) is 2.79. The van der Waals surface area contributed by atoms with Crippen LogP contribution in [0.15, 0.2) is 48.7 Å². The van der Waals surface area contributed by atoms with Gasteiger partial charge in [0.15, 0.2) is 0 Å². The minimum absolute atomic E-state index is 0.0941. The molecular weight excluding hydrogens is 330 g/mol. The van der Waals surface area contributed by atoms with Gasteiger partial charge >= 0.3 is 12.6 Å². The van der Waals surface area contributed by atoms with E-state index in [0.717, 1.165) is 0 Å². The van der Waals surface area contributed by atoms with Crippen LogP contribution in [0, 0.1) is 0 Å². The number of hydrogen-bond donors (Lipinski definition) is 2. The Balaban J connectivity index is 1.58. The zero-order valence-electron chi connectivity index (χ0n) is 13.4. The maximum atomic E-state index is 12.5. The number of pyridine rings is 1. The lowest BCUT2D eigenvalue weighted by Crippen LogP contribution is -2.39. The van der Waals surface area contributed by atoms with Crippen molar-refractivity contribution < 1.29 is 18.3 Å². The van der Waals surface area contributed by atoms with E-state index < -0.39 is 6.61 Å². The predicted octanol–water partition coefficient (Wildman–Crippen LogP) is 3.08. The minimum atomic E-state index is -2.87. The molecule has 2 aromatic rings. The van der Waals surface area contributed by atoms with E-state index in [1.807, 2.05) is 4.90 Å². The van der Waals surface area contributed by atoms with Crippen LogP contribution in [0.2, 0.25) is 0 Å². The van der Waals surface area contributed by atoms with Gasteiger partial charge in [0.1, 0.15) is 11.6 Å². The van der Waals surface area contributed by atoms with Gasteiger partial charge in [0, 0.05) is 25.3 Å². The molecule has 1 fully saturated rings. The van der Waals surface area contributed by atoms with Gasteiger partial charge < -0.3 is 15.0 Å². The molecular formula is C17H18F2N4O2. The number of amides is 2. The van der Waals surface area contributed by atoms with Crippen LogP contribution in [0.3, 0.4) is 0 Å². The first-order valence-electron chi connectivity index (χ1n) is 7.89.